The van der Waals surface area contributed by atoms with Crippen LogP contribution in [0.4, 0.5) is 10.1 Å². The summed E-state index contributed by atoms with van der Waals surface area (Å²) in [5.41, 5.74) is 6.27. The van der Waals surface area contributed by atoms with Crippen LogP contribution in [0.1, 0.15) is 12.8 Å². The predicted octanol–water partition coefficient (Wildman–Crippen LogP) is 0.714. The lowest BCUT2D eigenvalue weighted by Gasteiger charge is -2.30. The van der Waals surface area contributed by atoms with Crippen LogP contribution in [-0.2, 0) is 9.59 Å². The molecule has 1 aliphatic rings. The number of carbonyl (C=O) groups is 2. The summed E-state index contributed by atoms with van der Waals surface area (Å²) in [6.45, 7) is 0.375. The van der Waals surface area contributed by atoms with Gasteiger partial charge in [-0.1, -0.05) is 0 Å². The van der Waals surface area contributed by atoms with Crippen molar-refractivity contribution in [3.8, 4) is 0 Å². The summed E-state index contributed by atoms with van der Waals surface area (Å²) in [6, 6.07) is 5.39. The first-order valence-electron chi connectivity index (χ1n) is 6.13. The van der Waals surface area contributed by atoms with E-state index in [-0.39, 0.29) is 30.2 Å². The number of rotatable bonds is 3. The van der Waals surface area contributed by atoms with Gasteiger partial charge in [0, 0.05) is 24.7 Å². The Morgan fingerprint density at radius 1 is 1.42 bits per heavy atom. The molecule has 1 atom stereocenters. The third-order valence-corrected chi connectivity index (χ3v) is 3.00. The number of nitrogens with zero attached hydrogens (tertiary/aromatic N) is 1. The number of carbonyl (C=O) groups excluding carboxylic acids is 2. The van der Waals surface area contributed by atoms with Crippen molar-refractivity contribution in [1.82, 2.24) is 4.90 Å². The van der Waals surface area contributed by atoms with E-state index in [0.29, 0.717) is 25.1 Å². The second-order valence-electron chi connectivity index (χ2n) is 4.63. The smallest absolute Gasteiger partial charge is 0.243 e. The molecule has 5 nitrogen and oxygen atoms in total. The molecule has 0 bridgehead atoms. The lowest BCUT2D eigenvalue weighted by atomic mass is 10.1. The Morgan fingerprint density at radius 2 is 2.11 bits per heavy atom. The second-order valence-corrected chi connectivity index (χ2v) is 4.63. The SMILES string of the molecule is NC1CCC(=O)N(CC(=O)Nc2ccc(F)cc2)C1. The first-order valence-corrected chi connectivity index (χ1v) is 6.13. The van der Waals surface area contributed by atoms with Crippen LogP contribution in [0.2, 0.25) is 0 Å². The van der Waals surface area contributed by atoms with E-state index in [4.69, 9.17) is 5.73 Å². The largest absolute Gasteiger partial charge is 0.332 e. The third kappa shape index (κ3) is 3.75. The van der Waals surface area contributed by atoms with Crippen LogP contribution >= 0.6 is 0 Å². The lowest BCUT2D eigenvalue weighted by molar-refractivity contribution is -0.137. The van der Waals surface area contributed by atoms with Gasteiger partial charge in [-0.3, -0.25) is 9.59 Å². The Labute approximate surface area is 110 Å². The van der Waals surface area contributed by atoms with Crippen LogP contribution in [0.25, 0.3) is 0 Å². The number of hydrogen-bond acceptors (Lipinski definition) is 3. The van der Waals surface area contributed by atoms with Crippen molar-refractivity contribution in [2.45, 2.75) is 18.9 Å². The maximum Gasteiger partial charge on any atom is 0.243 e. The number of benzene rings is 1. The predicted molar refractivity (Wildman–Crippen MR) is 68.8 cm³/mol. The molecule has 1 unspecified atom stereocenters. The van der Waals surface area contributed by atoms with Crippen molar-refractivity contribution in [3.63, 3.8) is 0 Å². The van der Waals surface area contributed by atoms with E-state index in [1.54, 1.807) is 0 Å². The van der Waals surface area contributed by atoms with Gasteiger partial charge in [-0.05, 0) is 30.7 Å². The molecule has 6 heteroatoms. The van der Waals surface area contributed by atoms with E-state index in [0.717, 1.165) is 0 Å². The van der Waals surface area contributed by atoms with E-state index in [1.807, 2.05) is 0 Å². The second kappa shape index (κ2) is 5.79. The topological polar surface area (TPSA) is 75.4 Å². The molecule has 102 valence electrons. The fourth-order valence-corrected chi connectivity index (χ4v) is 2.00. The minimum absolute atomic E-state index is 0.0239. The van der Waals surface area contributed by atoms with Gasteiger partial charge in [0.25, 0.3) is 0 Å². The standard InChI is InChI=1S/C13H16FN3O2/c14-9-1-4-11(5-2-9)16-12(18)8-17-7-10(15)3-6-13(17)19/h1-2,4-5,10H,3,6-8,15H2,(H,16,18). The Balaban J connectivity index is 1.90. The summed E-state index contributed by atoms with van der Waals surface area (Å²) in [5.74, 6) is -0.736. The van der Waals surface area contributed by atoms with E-state index in [9.17, 15) is 14.0 Å². The van der Waals surface area contributed by atoms with Gasteiger partial charge < -0.3 is 16.0 Å². The minimum atomic E-state index is -0.366. The summed E-state index contributed by atoms with van der Waals surface area (Å²) in [5, 5.41) is 2.61. The van der Waals surface area contributed by atoms with Crippen molar-refractivity contribution in [2.75, 3.05) is 18.4 Å². The molecule has 0 aliphatic carbocycles. The van der Waals surface area contributed by atoms with E-state index < -0.39 is 0 Å². The number of nitrogens with two attached hydrogens (primary N) is 1. The highest BCUT2D eigenvalue weighted by molar-refractivity contribution is 5.94. The minimum Gasteiger partial charge on any atom is -0.332 e. The highest BCUT2D eigenvalue weighted by atomic mass is 19.1. The zero-order valence-corrected chi connectivity index (χ0v) is 10.4. The molecule has 3 N–H and O–H groups in total. The van der Waals surface area contributed by atoms with Gasteiger partial charge >= 0.3 is 0 Å². The zero-order chi connectivity index (χ0) is 13.8. The van der Waals surface area contributed by atoms with Crippen molar-refractivity contribution in [3.05, 3.63) is 30.1 Å². The van der Waals surface area contributed by atoms with Gasteiger partial charge in [-0.25, -0.2) is 4.39 Å². The first-order chi connectivity index (χ1) is 9.04. The maximum absolute atomic E-state index is 12.7. The number of hydrogen-bond donors (Lipinski definition) is 2. The quantitative estimate of drug-likeness (QED) is 0.845. The molecule has 0 aromatic heterocycles. The lowest BCUT2D eigenvalue weighted by Crippen LogP contribution is -2.48. The average Bonchev–Trinajstić information content (AvgIpc) is 2.37. The molecule has 1 heterocycles. The van der Waals surface area contributed by atoms with Gasteiger partial charge in [0.1, 0.15) is 5.82 Å². The van der Waals surface area contributed by atoms with Gasteiger partial charge in [-0.2, -0.15) is 0 Å². The van der Waals surface area contributed by atoms with Crippen LogP contribution < -0.4 is 11.1 Å². The normalized spacial score (nSPS) is 19.4. The number of anilines is 1. The van der Waals surface area contributed by atoms with Crippen LogP contribution in [0, 0.1) is 5.82 Å². The van der Waals surface area contributed by atoms with Gasteiger partial charge in [0.05, 0.1) is 6.54 Å². The van der Waals surface area contributed by atoms with E-state index in [1.165, 1.54) is 29.2 Å². The van der Waals surface area contributed by atoms with Gasteiger partial charge in [-0.15, -0.1) is 0 Å². The molecule has 2 rings (SSSR count). The Hall–Kier alpha value is -1.95. The molecule has 1 saturated heterocycles. The van der Waals surface area contributed by atoms with Crippen LogP contribution in [-0.4, -0.2) is 35.8 Å². The molecule has 0 radical (unpaired) electrons. The number of halogens is 1. The van der Waals surface area contributed by atoms with Gasteiger partial charge in [0.15, 0.2) is 0 Å². The fourth-order valence-electron chi connectivity index (χ4n) is 2.00. The van der Waals surface area contributed by atoms with Crippen molar-refractivity contribution < 1.29 is 14.0 Å². The zero-order valence-electron chi connectivity index (χ0n) is 10.4. The third-order valence-electron chi connectivity index (χ3n) is 3.00. The molecule has 2 amide bonds. The Kier molecular flexibility index (Phi) is 4.11. The number of piperidine rings is 1. The van der Waals surface area contributed by atoms with Gasteiger partial charge in [0.2, 0.25) is 11.8 Å². The number of nitrogens with one attached hydrogen (secondary N) is 1. The molecule has 1 aromatic rings. The Morgan fingerprint density at radius 3 is 2.79 bits per heavy atom. The molecule has 0 saturated carbocycles. The molecular formula is C13H16FN3O2. The summed E-state index contributed by atoms with van der Waals surface area (Å²) >= 11 is 0. The van der Waals surface area contributed by atoms with Crippen LogP contribution in [0.15, 0.2) is 24.3 Å². The van der Waals surface area contributed by atoms with Crippen molar-refractivity contribution >= 4 is 17.5 Å². The molecule has 1 aliphatic heterocycles. The van der Waals surface area contributed by atoms with E-state index >= 15 is 0 Å². The fraction of sp³-hybridized carbons (Fsp3) is 0.385. The van der Waals surface area contributed by atoms with E-state index in [2.05, 4.69) is 5.32 Å². The summed E-state index contributed by atoms with van der Waals surface area (Å²) in [7, 11) is 0. The first kappa shape index (κ1) is 13.5. The number of amides is 2. The highest BCUT2D eigenvalue weighted by Crippen LogP contribution is 2.11. The number of likely N-dealkylation sites (tertiary alicyclic amines) is 1. The monoisotopic (exact) mass is 265 g/mol. The van der Waals surface area contributed by atoms with Crippen LogP contribution in [0.3, 0.4) is 0 Å². The molecule has 1 aromatic carbocycles. The maximum atomic E-state index is 12.7. The van der Waals surface area contributed by atoms with Crippen molar-refractivity contribution in [2.24, 2.45) is 5.73 Å². The molecule has 1 fully saturated rings. The summed E-state index contributed by atoms with van der Waals surface area (Å²) < 4.78 is 12.7. The molecule has 19 heavy (non-hydrogen) atoms. The van der Waals surface area contributed by atoms with Crippen LogP contribution in [0.5, 0.6) is 0 Å². The summed E-state index contributed by atoms with van der Waals surface area (Å²) in [4.78, 5) is 24.8. The Bertz CT molecular complexity index is 475. The summed E-state index contributed by atoms with van der Waals surface area (Å²) in [6.07, 6.45) is 1.04. The van der Waals surface area contributed by atoms with Crippen molar-refractivity contribution in [1.29, 1.82) is 0 Å². The average molecular weight is 265 g/mol. The molecular weight excluding hydrogens is 249 g/mol. The molecule has 0 spiro atoms. The highest BCUT2D eigenvalue weighted by Gasteiger charge is 2.24.